The highest BCUT2D eigenvalue weighted by Gasteiger charge is 2.28. The summed E-state index contributed by atoms with van der Waals surface area (Å²) < 4.78 is 0. The highest BCUT2D eigenvalue weighted by molar-refractivity contribution is 7.59. The molecule has 0 amide bonds. The Morgan fingerprint density at radius 3 is 2.83 bits per heavy atom. The van der Waals surface area contributed by atoms with E-state index in [9.17, 15) is 9.82 Å². The van der Waals surface area contributed by atoms with Gasteiger partial charge in [0.2, 0.25) is 0 Å². The van der Waals surface area contributed by atoms with Crippen LogP contribution < -0.4 is 11.2 Å². The number of Topliss-reactive ketones (excluding diaryl/α,β-unsaturated/α-hetero) is 1. The van der Waals surface area contributed by atoms with Crippen molar-refractivity contribution < 1.29 is 9.82 Å². The Balaban J connectivity index is 0.00000240. The van der Waals surface area contributed by atoms with Gasteiger partial charge in [-0.2, -0.15) is 18.6 Å². The molecule has 4 rings (SSSR count). The number of carbonyl (C=O) groups is 1. The van der Waals surface area contributed by atoms with Crippen LogP contribution in [0.15, 0.2) is 60.0 Å². The van der Waals surface area contributed by atoms with Gasteiger partial charge < -0.3 is 15.7 Å². The molecular weight excluding hydrogens is 383 g/mol. The highest BCUT2D eigenvalue weighted by atomic mass is 32.1. The van der Waals surface area contributed by atoms with E-state index in [0.29, 0.717) is 6.42 Å². The lowest BCUT2D eigenvalue weighted by molar-refractivity contribution is -0.119. The lowest BCUT2D eigenvalue weighted by atomic mass is 9.69. The Morgan fingerprint density at radius 2 is 2.03 bits per heavy atom. The molecule has 0 spiro atoms. The average Bonchev–Trinajstić information content (AvgIpc) is 2.71. The predicted molar refractivity (Wildman–Crippen MR) is 122 cm³/mol. The van der Waals surface area contributed by atoms with Crippen molar-refractivity contribution in [3.8, 4) is 0 Å². The molecule has 29 heavy (non-hydrogen) atoms. The minimum atomic E-state index is -0.784. The zero-order valence-corrected chi connectivity index (χ0v) is 17.1. The van der Waals surface area contributed by atoms with E-state index in [1.807, 2.05) is 48.7 Å². The fraction of sp³-hybridized carbons (Fsp3) is 0.190. The first-order valence-corrected chi connectivity index (χ1v) is 9.21. The minimum Gasteiger partial charge on any atom is -0.428 e. The number of benzene rings is 2. The van der Waals surface area contributed by atoms with Crippen LogP contribution in [0.4, 0.5) is 0 Å². The van der Waals surface area contributed by atoms with Crippen LogP contribution in [0.2, 0.25) is 0 Å². The van der Waals surface area contributed by atoms with Gasteiger partial charge in [-0.3, -0.25) is 9.78 Å². The summed E-state index contributed by atoms with van der Waals surface area (Å²) in [5.41, 5.74) is 9.34. The molecule has 6 nitrogen and oxygen atoms in total. The van der Waals surface area contributed by atoms with Gasteiger partial charge in [-0.25, -0.2) is 0 Å². The number of carbonyl (C=O) groups excluding carboxylic acids is 1. The van der Waals surface area contributed by atoms with E-state index >= 15 is 0 Å². The maximum atomic E-state index is 13.0. The third kappa shape index (κ3) is 4.19. The van der Waals surface area contributed by atoms with Crippen LogP contribution in [0.3, 0.4) is 0 Å². The molecule has 1 aliphatic rings. The van der Waals surface area contributed by atoms with Crippen LogP contribution in [-0.4, -0.2) is 47.6 Å². The van der Waals surface area contributed by atoms with Crippen LogP contribution in [0.1, 0.15) is 22.6 Å². The van der Waals surface area contributed by atoms with Crippen molar-refractivity contribution >= 4 is 48.8 Å². The number of ketones is 1. The number of rotatable bonds is 5. The summed E-state index contributed by atoms with van der Waals surface area (Å²) in [4.78, 5) is 18.6. The van der Waals surface area contributed by atoms with Gasteiger partial charge in [0.25, 0.3) is 0 Å². The van der Waals surface area contributed by atoms with E-state index in [1.165, 1.54) is 4.92 Å². The predicted octanol–water partition coefficient (Wildman–Crippen LogP) is 1.17. The maximum Gasteiger partial charge on any atom is 0.466 e. The summed E-state index contributed by atoms with van der Waals surface area (Å²) in [6.07, 6.45) is 5.57. The molecule has 0 unspecified atom stereocenters. The van der Waals surface area contributed by atoms with Gasteiger partial charge in [0.15, 0.2) is 0 Å². The number of hydrogen-bond donors (Lipinski definition) is 2. The first kappa shape index (κ1) is 21.0. The summed E-state index contributed by atoms with van der Waals surface area (Å²) >= 11 is 0. The molecule has 8 heteroatoms. The topological polar surface area (TPSA) is 91.8 Å². The molecule has 0 radical (unpaired) electrons. The molecule has 1 aromatic heterocycles. The van der Waals surface area contributed by atoms with Crippen molar-refractivity contribution in [2.24, 2.45) is 10.8 Å². The summed E-state index contributed by atoms with van der Waals surface area (Å²) in [5.74, 6) is -0.329. The van der Waals surface area contributed by atoms with Crippen molar-refractivity contribution in [1.82, 2.24) is 9.90 Å². The number of hydrazone groups is 1. The summed E-state index contributed by atoms with van der Waals surface area (Å²) in [5, 5.41) is 16.5. The Kier molecular flexibility index (Phi) is 6.37. The average molecular weight is 406 g/mol. The molecular formula is C21H23BN4O2S. The van der Waals surface area contributed by atoms with Gasteiger partial charge in [0.05, 0.1) is 12.1 Å². The number of aromatic nitrogens is 1. The first-order valence-electron chi connectivity index (χ1n) is 9.21. The third-order valence-corrected chi connectivity index (χ3v) is 5.23. The van der Waals surface area contributed by atoms with Gasteiger partial charge >= 0.3 is 7.05 Å². The third-order valence-electron chi connectivity index (χ3n) is 5.23. The molecule has 3 aromatic rings. The lowest BCUT2D eigenvalue weighted by Gasteiger charge is -2.24. The Labute approximate surface area is 177 Å². The monoisotopic (exact) mass is 406 g/mol. The Bertz CT molecular complexity index is 1080. The minimum absolute atomic E-state index is 0. The van der Waals surface area contributed by atoms with Crippen molar-refractivity contribution in [1.29, 1.82) is 0 Å². The maximum absolute atomic E-state index is 13.0. The number of hydrogen-bond acceptors (Lipinski definition) is 6. The van der Waals surface area contributed by atoms with Crippen LogP contribution in [-0.2, 0) is 11.2 Å². The van der Waals surface area contributed by atoms with E-state index in [4.69, 9.17) is 5.73 Å². The second-order valence-electron chi connectivity index (χ2n) is 7.07. The fourth-order valence-electron chi connectivity index (χ4n) is 3.60. The molecule has 1 aliphatic heterocycles. The zero-order valence-electron chi connectivity index (χ0n) is 16.1. The van der Waals surface area contributed by atoms with Crippen LogP contribution >= 0.6 is 13.5 Å². The Morgan fingerprint density at radius 1 is 1.21 bits per heavy atom. The Hall–Kier alpha value is -2.68. The second-order valence-corrected chi connectivity index (χ2v) is 7.07. The molecule has 0 bridgehead atoms. The number of nitrogens with two attached hydrogens (primary N) is 1. The van der Waals surface area contributed by atoms with Gasteiger partial charge in [-0.15, -0.1) is 0 Å². The van der Waals surface area contributed by atoms with Crippen LogP contribution in [0.25, 0.3) is 10.8 Å². The van der Waals surface area contributed by atoms with Gasteiger partial charge in [0.1, 0.15) is 5.78 Å². The van der Waals surface area contributed by atoms with Gasteiger partial charge in [-0.1, -0.05) is 30.3 Å². The molecule has 2 aromatic carbocycles. The molecule has 3 N–H and O–H groups in total. The first-order chi connectivity index (χ1) is 13.6. The summed E-state index contributed by atoms with van der Waals surface area (Å²) in [7, 11) is 0.928. The highest BCUT2D eigenvalue weighted by Crippen LogP contribution is 2.21. The number of fused-ring (bicyclic) bond motifs is 2. The molecule has 1 atom stereocenters. The molecule has 2 heterocycles. The van der Waals surface area contributed by atoms with Crippen molar-refractivity contribution in [2.45, 2.75) is 12.3 Å². The van der Waals surface area contributed by atoms with Crippen molar-refractivity contribution in [3.05, 3.63) is 71.5 Å². The van der Waals surface area contributed by atoms with Crippen LogP contribution in [0, 0.1) is 0 Å². The summed E-state index contributed by atoms with van der Waals surface area (Å²) in [6, 6.07) is 13.5. The SMILES string of the molecule is CN1N=Cc2cc([C@@H](CN)C(=O)Cc3ccc4cnccc4c3)ccc2B1O.S. The molecule has 0 fully saturated rings. The standard InChI is InChI=1S/C21H21BN4O2.H2S/c1-26-22(28)20-5-4-16(10-18(20)13-25-26)19(11-23)21(27)9-14-2-3-17-12-24-7-6-15(17)8-14;/h2-8,10,12-13,19,28H,9,11,23H2,1H3;1H2/t19-;/m1./s1. The smallest absolute Gasteiger partial charge is 0.428 e. The largest absolute Gasteiger partial charge is 0.466 e. The normalized spacial score (nSPS) is 13.8. The number of nitrogens with zero attached hydrogens (tertiary/aromatic N) is 3. The van der Waals surface area contributed by atoms with Crippen LogP contribution in [0.5, 0.6) is 0 Å². The van der Waals surface area contributed by atoms with E-state index in [1.54, 1.807) is 19.5 Å². The van der Waals surface area contributed by atoms with Gasteiger partial charge in [0, 0.05) is 37.8 Å². The van der Waals surface area contributed by atoms with E-state index < -0.39 is 13.0 Å². The van der Waals surface area contributed by atoms with E-state index in [0.717, 1.165) is 32.9 Å². The fourth-order valence-corrected chi connectivity index (χ4v) is 3.60. The summed E-state index contributed by atoms with van der Waals surface area (Å²) in [6.45, 7) is 0.231. The molecule has 0 saturated carbocycles. The molecule has 0 aliphatic carbocycles. The molecule has 148 valence electrons. The van der Waals surface area contributed by atoms with E-state index in [2.05, 4.69) is 10.1 Å². The van der Waals surface area contributed by atoms with Crippen molar-refractivity contribution in [2.75, 3.05) is 13.6 Å². The quantitative estimate of drug-likeness (QED) is 0.621. The molecule has 0 saturated heterocycles. The lowest BCUT2D eigenvalue weighted by Crippen LogP contribution is -2.48. The number of pyridine rings is 1. The van der Waals surface area contributed by atoms with Gasteiger partial charge in [-0.05, 0) is 39.7 Å². The second kappa shape index (κ2) is 8.77. The zero-order chi connectivity index (χ0) is 19.7. The van der Waals surface area contributed by atoms with Crippen molar-refractivity contribution in [3.63, 3.8) is 0 Å². The van der Waals surface area contributed by atoms with E-state index in [-0.39, 0.29) is 25.8 Å².